The zero-order valence-electron chi connectivity index (χ0n) is 13.8. The number of hydrogen-bond donors (Lipinski definition) is 2. The van der Waals surface area contributed by atoms with Crippen LogP contribution < -0.4 is 10.6 Å². The number of pyridine rings is 1. The summed E-state index contributed by atoms with van der Waals surface area (Å²) in [6, 6.07) is 12.5. The standard InChI is InChI=1S/C18H19ClN4O2/c1-12(13-5-3-2-4-6-13)23-11-15(9-17(23)24)21-18(25)22-16-8-7-14(19)10-20-16/h2-8,10,12,15H,9,11H2,1H3,(H2,20,21,22,25). The van der Waals surface area contributed by atoms with Gasteiger partial charge in [0.05, 0.1) is 17.1 Å². The second-order valence-electron chi connectivity index (χ2n) is 5.99. The van der Waals surface area contributed by atoms with Crippen LogP contribution in [0.4, 0.5) is 10.6 Å². The number of urea groups is 1. The lowest BCUT2D eigenvalue weighted by molar-refractivity contribution is -0.129. The lowest BCUT2D eigenvalue weighted by Gasteiger charge is -2.25. The lowest BCUT2D eigenvalue weighted by atomic mass is 10.1. The molecule has 2 heterocycles. The van der Waals surface area contributed by atoms with Gasteiger partial charge in [0.2, 0.25) is 5.91 Å². The van der Waals surface area contributed by atoms with E-state index in [1.54, 1.807) is 17.0 Å². The van der Waals surface area contributed by atoms with E-state index < -0.39 is 0 Å². The first-order valence-corrected chi connectivity index (χ1v) is 8.44. The van der Waals surface area contributed by atoms with Crippen molar-refractivity contribution in [2.24, 2.45) is 0 Å². The molecule has 2 unspecified atom stereocenters. The molecule has 1 aliphatic rings. The number of likely N-dealkylation sites (tertiary alicyclic amines) is 1. The Kier molecular flexibility index (Phi) is 5.19. The number of anilines is 1. The van der Waals surface area contributed by atoms with Crippen molar-refractivity contribution in [2.75, 3.05) is 11.9 Å². The number of nitrogens with zero attached hydrogens (tertiary/aromatic N) is 2. The van der Waals surface area contributed by atoms with Crippen LogP contribution in [0.1, 0.15) is 24.9 Å². The topological polar surface area (TPSA) is 74.3 Å². The highest BCUT2D eigenvalue weighted by molar-refractivity contribution is 6.30. The molecule has 3 amide bonds. The number of aromatic nitrogens is 1. The predicted molar refractivity (Wildman–Crippen MR) is 96.4 cm³/mol. The van der Waals surface area contributed by atoms with Crippen LogP contribution in [0.3, 0.4) is 0 Å². The summed E-state index contributed by atoms with van der Waals surface area (Å²) in [5.74, 6) is 0.437. The van der Waals surface area contributed by atoms with Gasteiger partial charge in [-0.05, 0) is 24.6 Å². The molecule has 1 aromatic carbocycles. The highest BCUT2D eigenvalue weighted by atomic mass is 35.5. The van der Waals surface area contributed by atoms with Gasteiger partial charge in [0.1, 0.15) is 5.82 Å². The van der Waals surface area contributed by atoms with E-state index in [9.17, 15) is 9.59 Å². The molecule has 0 radical (unpaired) electrons. The number of amides is 3. The van der Waals surface area contributed by atoms with Crippen molar-refractivity contribution in [2.45, 2.75) is 25.4 Å². The van der Waals surface area contributed by atoms with Crippen molar-refractivity contribution in [3.63, 3.8) is 0 Å². The third kappa shape index (κ3) is 4.28. The maximum absolute atomic E-state index is 12.3. The van der Waals surface area contributed by atoms with Gasteiger partial charge in [-0.3, -0.25) is 10.1 Å². The summed E-state index contributed by atoms with van der Waals surface area (Å²) in [5, 5.41) is 5.96. The molecule has 0 spiro atoms. The molecule has 2 atom stereocenters. The monoisotopic (exact) mass is 358 g/mol. The summed E-state index contributed by atoms with van der Waals surface area (Å²) in [7, 11) is 0. The van der Waals surface area contributed by atoms with Crippen LogP contribution in [-0.2, 0) is 4.79 Å². The van der Waals surface area contributed by atoms with Crippen molar-refractivity contribution >= 4 is 29.4 Å². The smallest absolute Gasteiger partial charge is 0.320 e. The van der Waals surface area contributed by atoms with Crippen LogP contribution in [0.25, 0.3) is 0 Å². The predicted octanol–water partition coefficient (Wildman–Crippen LogP) is 3.22. The minimum atomic E-state index is -0.387. The van der Waals surface area contributed by atoms with Gasteiger partial charge in [-0.2, -0.15) is 0 Å². The molecular weight excluding hydrogens is 340 g/mol. The van der Waals surface area contributed by atoms with Gasteiger partial charge >= 0.3 is 6.03 Å². The Hall–Kier alpha value is -2.60. The van der Waals surface area contributed by atoms with E-state index in [1.807, 2.05) is 37.3 Å². The van der Waals surface area contributed by atoms with E-state index in [0.717, 1.165) is 5.56 Å². The molecule has 1 aromatic heterocycles. The maximum atomic E-state index is 12.3. The number of carbonyl (C=O) groups is 2. The highest BCUT2D eigenvalue weighted by Gasteiger charge is 2.33. The molecule has 1 aliphatic heterocycles. The number of benzene rings is 1. The van der Waals surface area contributed by atoms with Crippen molar-refractivity contribution in [1.82, 2.24) is 15.2 Å². The fourth-order valence-electron chi connectivity index (χ4n) is 2.90. The van der Waals surface area contributed by atoms with Crippen molar-refractivity contribution in [3.8, 4) is 0 Å². The Morgan fingerprint density at radius 3 is 2.72 bits per heavy atom. The Labute approximate surface area is 151 Å². The molecule has 3 rings (SSSR count). The van der Waals surface area contributed by atoms with E-state index in [-0.39, 0.29) is 24.0 Å². The number of rotatable bonds is 4. The SMILES string of the molecule is CC(c1ccccc1)N1CC(NC(=O)Nc2ccc(Cl)cn2)CC1=O. The van der Waals surface area contributed by atoms with Crippen molar-refractivity contribution < 1.29 is 9.59 Å². The van der Waals surface area contributed by atoms with Crippen molar-refractivity contribution in [1.29, 1.82) is 0 Å². The maximum Gasteiger partial charge on any atom is 0.320 e. The number of halogens is 1. The van der Waals surface area contributed by atoms with E-state index in [2.05, 4.69) is 15.6 Å². The molecule has 2 aromatic rings. The largest absolute Gasteiger partial charge is 0.334 e. The first-order valence-electron chi connectivity index (χ1n) is 8.06. The Morgan fingerprint density at radius 1 is 1.28 bits per heavy atom. The number of nitrogens with one attached hydrogen (secondary N) is 2. The highest BCUT2D eigenvalue weighted by Crippen LogP contribution is 2.25. The van der Waals surface area contributed by atoms with Crippen LogP contribution in [0.5, 0.6) is 0 Å². The average Bonchev–Trinajstić information content (AvgIpc) is 2.97. The lowest BCUT2D eigenvalue weighted by Crippen LogP contribution is -2.40. The average molecular weight is 359 g/mol. The normalized spacial score (nSPS) is 18.1. The molecule has 25 heavy (non-hydrogen) atoms. The molecular formula is C18H19ClN4O2. The zero-order valence-corrected chi connectivity index (χ0v) is 14.5. The van der Waals surface area contributed by atoms with Crippen LogP contribution in [0, 0.1) is 0 Å². The van der Waals surface area contributed by atoms with Crippen LogP contribution in [-0.4, -0.2) is 34.4 Å². The van der Waals surface area contributed by atoms with E-state index in [0.29, 0.717) is 23.8 Å². The summed E-state index contributed by atoms with van der Waals surface area (Å²) < 4.78 is 0. The van der Waals surface area contributed by atoms with Crippen molar-refractivity contribution in [3.05, 3.63) is 59.2 Å². The molecule has 2 N–H and O–H groups in total. The minimum Gasteiger partial charge on any atom is -0.334 e. The van der Waals surface area contributed by atoms with Crippen LogP contribution in [0.2, 0.25) is 5.02 Å². The second kappa shape index (κ2) is 7.53. The van der Waals surface area contributed by atoms with Gasteiger partial charge in [0.15, 0.2) is 0 Å². The van der Waals surface area contributed by atoms with Gasteiger partial charge in [-0.25, -0.2) is 9.78 Å². The first-order chi connectivity index (χ1) is 12.0. The molecule has 1 fully saturated rings. The zero-order chi connectivity index (χ0) is 17.8. The second-order valence-corrected chi connectivity index (χ2v) is 6.43. The first kappa shape index (κ1) is 17.2. The van der Waals surface area contributed by atoms with Crippen LogP contribution >= 0.6 is 11.6 Å². The number of hydrogen-bond acceptors (Lipinski definition) is 3. The van der Waals surface area contributed by atoms with Gasteiger partial charge in [-0.1, -0.05) is 41.9 Å². The van der Waals surface area contributed by atoms with E-state index in [4.69, 9.17) is 11.6 Å². The fraction of sp³-hybridized carbons (Fsp3) is 0.278. The van der Waals surface area contributed by atoms with E-state index >= 15 is 0 Å². The molecule has 7 heteroatoms. The third-order valence-corrected chi connectivity index (χ3v) is 4.44. The fourth-order valence-corrected chi connectivity index (χ4v) is 3.01. The molecule has 6 nitrogen and oxygen atoms in total. The minimum absolute atomic E-state index is 0.0264. The third-order valence-electron chi connectivity index (χ3n) is 4.21. The van der Waals surface area contributed by atoms with E-state index in [1.165, 1.54) is 6.20 Å². The van der Waals surface area contributed by atoms with Gasteiger partial charge in [0, 0.05) is 19.2 Å². The quantitative estimate of drug-likeness (QED) is 0.881. The van der Waals surface area contributed by atoms with Gasteiger partial charge in [-0.15, -0.1) is 0 Å². The molecule has 0 aliphatic carbocycles. The van der Waals surface area contributed by atoms with Gasteiger partial charge < -0.3 is 10.2 Å². The summed E-state index contributed by atoms with van der Waals surface area (Å²) in [4.78, 5) is 30.2. The summed E-state index contributed by atoms with van der Waals surface area (Å²) in [6.45, 7) is 2.48. The molecule has 1 saturated heterocycles. The molecule has 130 valence electrons. The summed E-state index contributed by atoms with van der Waals surface area (Å²) in [6.07, 6.45) is 1.75. The summed E-state index contributed by atoms with van der Waals surface area (Å²) in [5.41, 5.74) is 1.08. The summed E-state index contributed by atoms with van der Waals surface area (Å²) >= 11 is 5.76. The molecule has 0 bridgehead atoms. The van der Waals surface area contributed by atoms with Crippen LogP contribution in [0.15, 0.2) is 48.7 Å². The number of carbonyl (C=O) groups excluding carboxylic acids is 2. The Bertz CT molecular complexity index is 751. The van der Waals surface area contributed by atoms with Gasteiger partial charge in [0.25, 0.3) is 0 Å². The Balaban J connectivity index is 1.57. The Morgan fingerprint density at radius 2 is 2.04 bits per heavy atom. The molecule has 0 saturated carbocycles.